The van der Waals surface area contributed by atoms with E-state index in [2.05, 4.69) is 34.5 Å². The van der Waals surface area contributed by atoms with Crippen LogP contribution in [0.15, 0.2) is 48.5 Å². The van der Waals surface area contributed by atoms with Crippen LogP contribution in [-0.2, 0) is 22.5 Å². The average molecular weight is 570 g/mol. The summed E-state index contributed by atoms with van der Waals surface area (Å²) in [6, 6.07) is 15.8. The number of ether oxygens (including phenoxy) is 3. The number of rotatable bonds is 8. The molecule has 1 N–H and O–H groups in total. The molecule has 1 aliphatic heterocycles. The van der Waals surface area contributed by atoms with Gasteiger partial charge in [0.25, 0.3) is 0 Å². The zero-order chi connectivity index (χ0) is 27.5. The van der Waals surface area contributed by atoms with Crippen LogP contribution in [0, 0.1) is 0 Å². The molecule has 1 heterocycles. The van der Waals surface area contributed by atoms with Crippen LogP contribution in [0.4, 0.5) is 5.69 Å². The van der Waals surface area contributed by atoms with E-state index in [-0.39, 0.29) is 18.1 Å². The maximum Gasteiger partial charge on any atom is 0.323 e. The van der Waals surface area contributed by atoms with E-state index in [1.54, 1.807) is 7.11 Å². The first-order chi connectivity index (χ1) is 18.9. The Morgan fingerprint density at radius 1 is 1.03 bits per heavy atom. The van der Waals surface area contributed by atoms with Gasteiger partial charge in [-0.15, -0.1) is 0 Å². The fourth-order valence-corrected chi connectivity index (χ4v) is 6.41. The predicted molar refractivity (Wildman–Crippen MR) is 156 cm³/mol. The maximum atomic E-state index is 12.4. The average Bonchev–Trinajstić information content (AvgIpc) is 3.37. The summed E-state index contributed by atoms with van der Waals surface area (Å²) in [6.07, 6.45) is 4.43. The van der Waals surface area contributed by atoms with Gasteiger partial charge in [0.1, 0.15) is 23.6 Å². The molecule has 5 rings (SSSR count). The summed E-state index contributed by atoms with van der Waals surface area (Å²) in [5.74, 6) is 1.07. The number of carbonyl (C=O) groups excluding carboxylic acids is 1. The Morgan fingerprint density at radius 3 is 2.59 bits per heavy atom. The molecule has 0 amide bonds. The summed E-state index contributed by atoms with van der Waals surface area (Å²) < 4.78 is 17.3. The highest BCUT2D eigenvalue weighted by Crippen LogP contribution is 2.45. The number of carbonyl (C=O) groups is 1. The second-order valence-electron chi connectivity index (χ2n) is 10.0. The molecule has 0 spiro atoms. The van der Waals surface area contributed by atoms with Crippen molar-refractivity contribution in [3.05, 3.63) is 75.3 Å². The van der Waals surface area contributed by atoms with Crippen LogP contribution >= 0.6 is 23.2 Å². The lowest BCUT2D eigenvalue weighted by atomic mass is 9.96. The molecule has 2 atom stereocenters. The topological polar surface area (TPSA) is 60.0 Å². The summed E-state index contributed by atoms with van der Waals surface area (Å²) in [5, 5.41) is 4.40. The fraction of sp³-hybridized carbons (Fsp3) is 0.387. The Labute approximate surface area is 240 Å². The van der Waals surface area contributed by atoms with Crippen molar-refractivity contribution in [3.8, 4) is 22.6 Å². The van der Waals surface area contributed by atoms with Crippen LogP contribution in [0.5, 0.6) is 11.5 Å². The quantitative estimate of drug-likeness (QED) is 0.287. The molecule has 206 valence electrons. The molecule has 1 fully saturated rings. The number of nitrogens with zero attached hydrogens (tertiary/aromatic N) is 1. The standard InChI is InChI=1S/C31H34Cl2N2O4/c1-34-25-11-7-10-23(30(25)33)20-8-6-9-22-21(20)13-14-27(22)39-29-17-28(37-2)19(16-24(29)32)18-35-15-5-4-12-26(35)31(36)38-3/h6-11,16-17,26-27,34H,4-5,12-15,18H2,1-3H3. The van der Waals surface area contributed by atoms with Gasteiger partial charge in [-0.25, -0.2) is 0 Å². The van der Waals surface area contributed by atoms with Gasteiger partial charge < -0.3 is 19.5 Å². The number of esters is 1. The first-order valence-corrected chi connectivity index (χ1v) is 14.1. The minimum Gasteiger partial charge on any atom is -0.496 e. The summed E-state index contributed by atoms with van der Waals surface area (Å²) in [5.41, 5.74) is 6.34. The zero-order valence-corrected chi connectivity index (χ0v) is 24.1. The molecule has 8 heteroatoms. The van der Waals surface area contributed by atoms with Gasteiger partial charge in [0.05, 0.1) is 30.0 Å². The van der Waals surface area contributed by atoms with Gasteiger partial charge in [0.15, 0.2) is 0 Å². The maximum absolute atomic E-state index is 12.4. The third-order valence-corrected chi connectivity index (χ3v) is 8.54. The Bertz CT molecular complexity index is 1360. The monoisotopic (exact) mass is 568 g/mol. The van der Waals surface area contributed by atoms with Gasteiger partial charge in [-0.2, -0.15) is 0 Å². The normalized spacial score (nSPS) is 18.9. The predicted octanol–water partition coefficient (Wildman–Crippen LogP) is 7.30. The van der Waals surface area contributed by atoms with Crippen molar-refractivity contribution in [1.82, 2.24) is 4.90 Å². The molecule has 0 saturated carbocycles. The van der Waals surface area contributed by atoms with Crippen molar-refractivity contribution in [2.75, 3.05) is 33.1 Å². The third kappa shape index (κ3) is 5.56. The Morgan fingerprint density at radius 2 is 1.82 bits per heavy atom. The Hall–Kier alpha value is -2.93. The van der Waals surface area contributed by atoms with Crippen molar-refractivity contribution >= 4 is 34.9 Å². The van der Waals surface area contributed by atoms with E-state index in [0.717, 1.165) is 66.6 Å². The van der Waals surface area contributed by atoms with E-state index >= 15 is 0 Å². The second-order valence-corrected chi connectivity index (χ2v) is 10.8. The van der Waals surface area contributed by atoms with Gasteiger partial charge in [0.2, 0.25) is 0 Å². The molecular weight excluding hydrogens is 535 g/mol. The van der Waals surface area contributed by atoms with Crippen molar-refractivity contribution in [2.24, 2.45) is 0 Å². The highest BCUT2D eigenvalue weighted by molar-refractivity contribution is 6.36. The number of hydrogen-bond donors (Lipinski definition) is 1. The molecule has 39 heavy (non-hydrogen) atoms. The molecule has 1 saturated heterocycles. The van der Waals surface area contributed by atoms with Gasteiger partial charge in [-0.05, 0) is 61.1 Å². The van der Waals surface area contributed by atoms with E-state index in [1.165, 1.54) is 12.7 Å². The zero-order valence-electron chi connectivity index (χ0n) is 22.6. The fourth-order valence-electron chi connectivity index (χ4n) is 5.86. The summed E-state index contributed by atoms with van der Waals surface area (Å²) in [7, 11) is 4.96. The molecule has 0 bridgehead atoms. The number of halogens is 2. The van der Waals surface area contributed by atoms with Gasteiger partial charge >= 0.3 is 5.97 Å². The summed E-state index contributed by atoms with van der Waals surface area (Å²) >= 11 is 13.5. The molecular formula is C31H34Cl2N2O4. The lowest BCUT2D eigenvalue weighted by Crippen LogP contribution is -2.44. The molecule has 0 aromatic heterocycles. The van der Waals surface area contributed by atoms with Crippen molar-refractivity contribution in [3.63, 3.8) is 0 Å². The lowest BCUT2D eigenvalue weighted by Gasteiger charge is -2.34. The largest absolute Gasteiger partial charge is 0.496 e. The van der Waals surface area contributed by atoms with E-state index in [9.17, 15) is 4.79 Å². The number of methoxy groups -OCH3 is 2. The molecule has 2 unspecified atom stereocenters. The lowest BCUT2D eigenvalue weighted by molar-refractivity contribution is -0.148. The SMILES string of the molecule is CNc1cccc(-c2cccc3c2CCC3Oc2cc(OC)c(CN3CCCCC3C(=O)OC)cc2Cl)c1Cl. The molecule has 3 aromatic rings. The van der Waals surface area contributed by atoms with Gasteiger partial charge in [0, 0.05) is 30.8 Å². The highest BCUT2D eigenvalue weighted by atomic mass is 35.5. The Kier molecular flexibility index (Phi) is 8.55. The van der Waals surface area contributed by atoms with Crippen LogP contribution in [0.2, 0.25) is 10.0 Å². The number of piperidine rings is 1. The molecule has 6 nitrogen and oxygen atoms in total. The second kappa shape index (κ2) is 12.1. The molecule has 0 radical (unpaired) electrons. The number of benzene rings is 3. The Balaban J connectivity index is 1.40. The summed E-state index contributed by atoms with van der Waals surface area (Å²) in [4.78, 5) is 14.5. The van der Waals surface area contributed by atoms with Crippen LogP contribution in [-0.4, -0.2) is 44.7 Å². The number of anilines is 1. The molecule has 2 aliphatic rings. The summed E-state index contributed by atoms with van der Waals surface area (Å²) in [6.45, 7) is 1.37. The van der Waals surface area contributed by atoms with Gasteiger partial charge in [-0.3, -0.25) is 9.69 Å². The number of fused-ring (bicyclic) bond motifs is 1. The highest BCUT2D eigenvalue weighted by Gasteiger charge is 2.31. The smallest absolute Gasteiger partial charge is 0.323 e. The van der Waals surface area contributed by atoms with E-state index < -0.39 is 0 Å². The third-order valence-electron chi connectivity index (χ3n) is 7.84. The van der Waals surface area contributed by atoms with Crippen molar-refractivity contribution < 1.29 is 19.0 Å². The van der Waals surface area contributed by atoms with Crippen LogP contribution < -0.4 is 14.8 Å². The number of nitrogens with one attached hydrogen (secondary N) is 1. The van der Waals surface area contributed by atoms with E-state index in [1.807, 2.05) is 31.3 Å². The minimum atomic E-state index is -0.255. The molecule has 3 aromatic carbocycles. The molecule has 1 aliphatic carbocycles. The van der Waals surface area contributed by atoms with E-state index in [4.69, 9.17) is 37.4 Å². The number of likely N-dealkylation sites (tertiary alicyclic amines) is 1. The van der Waals surface area contributed by atoms with E-state index in [0.29, 0.717) is 28.1 Å². The number of hydrogen-bond acceptors (Lipinski definition) is 6. The first-order valence-electron chi connectivity index (χ1n) is 13.4. The van der Waals surface area contributed by atoms with Crippen molar-refractivity contribution in [1.29, 1.82) is 0 Å². The first kappa shape index (κ1) is 27.6. The van der Waals surface area contributed by atoms with Gasteiger partial charge in [-0.1, -0.05) is 60.0 Å². The van der Waals surface area contributed by atoms with Crippen LogP contribution in [0.25, 0.3) is 11.1 Å². The van der Waals surface area contributed by atoms with Crippen LogP contribution in [0.3, 0.4) is 0 Å². The van der Waals surface area contributed by atoms with Crippen LogP contribution in [0.1, 0.15) is 48.5 Å². The minimum absolute atomic E-state index is 0.134. The van der Waals surface area contributed by atoms with Crippen molar-refractivity contribution in [2.45, 2.75) is 50.8 Å².